The molecule has 5 atom stereocenters. The van der Waals surface area contributed by atoms with Crippen molar-refractivity contribution in [3.05, 3.63) is 58.4 Å². The molecule has 0 radical (unpaired) electrons. The first-order chi connectivity index (χ1) is 25.2. The van der Waals surface area contributed by atoms with Gasteiger partial charge in [0.1, 0.15) is 23.7 Å². The lowest BCUT2D eigenvalue weighted by atomic mass is 10.1. The van der Waals surface area contributed by atoms with E-state index >= 15 is 0 Å². The lowest BCUT2D eigenvalue weighted by Crippen LogP contribution is -2.55. The van der Waals surface area contributed by atoms with Crippen molar-refractivity contribution in [2.24, 2.45) is 5.92 Å². The summed E-state index contributed by atoms with van der Waals surface area (Å²) >= 11 is 0.773. The van der Waals surface area contributed by atoms with E-state index < -0.39 is 80.5 Å². The van der Waals surface area contributed by atoms with Crippen LogP contribution in [0.25, 0.3) is 0 Å². The highest BCUT2D eigenvalue weighted by Crippen LogP contribution is 2.46. The molecule has 13 nitrogen and oxygen atoms in total. The number of amides is 3. The number of nitrogens with zero attached hydrogens (tertiary/aromatic N) is 2. The van der Waals surface area contributed by atoms with Crippen LogP contribution in [0.5, 0.6) is 0 Å². The summed E-state index contributed by atoms with van der Waals surface area (Å²) in [6.45, 7) is 0.450. The monoisotopic (exact) mass is 784 g/mol. The molecule has 4 aliphatic rings. The summed E-state index contributed by atoms with van der Waals surface area (Å²) in [6, 6.07) is 3.14. The molecular weight excluding hydrogens is 745 g/mol. The van der Waals surface area contributed by atoms with Crippen molar-refractivity contribution in [1.29, 1.82) is 0 Å². The predicted octanol–water partition coefficient (Wildman–Crippen LogP) is 4.15. The molecule has 4 N–H and O–H groups in total. The topological polar surface area (TPSA) is 176 Å². The molecule has 288 valence electrons. The van der Waals surface area contributed by atoms with Crippen molar-refractivity contribution in [3.63, 3.8) is 0 Å². The minimum atomic E-state index is -4.56. The van der Waals surface area contributed by atoms with Crippen LogP contribution in [0.4, 0.5) is 27.5 Å². The van der Waals surface area contributed by atoms with Gasteiger partial charge in [0, 0.05) is 36.4 Å². The Labute approximate surface area is 307 Å². The highest BCUT2D eigenvalue weighted by molar-refractivity contribution is 7.91. The van der Waals surface area contributed by atoms with E-state index in [2.05, 4.69) is 25.7 Å². The molecular formula is C34H40F4N6O7S2. The van der Waals surface area contributed by atoms with Crippen LogP contribution in [0.15, 0.2) is 35.7 Å². The molecule has 2 aliphatic heterocycles. The average Bonchev–Trinajstić information content (AvgIpc) is 3.87. The molecule has 19 heteroatoms. The Morgan fingerprint density at radius 2 is 1.96 bits per heavy atom. The van der Waals surface area contributed by atoms with Crippen molar-refractivity contribution in [2.75, 3.05) is 11.9 Å². The van der Waals surface area contributed by atoms with Gasteiger partial charge in [0.15, 0.2) is 10.8 Å². The number of hydrogen-bond acceptors (Lipinski definition) is 11. The van der Waals surface area contributed by atoms with E-state index in [1.54, 1.807) is 18.2 Å². The number of benzene rings is 1. The van der Waals surface area contributed by atoms with Crippen LogP contribution in [-0.4, -0.2) is 78.0 Å². The molecule has 1 aromatic carbocycles. The fourth-order valence-electron chi connectivity index (χ4n) is 6.56. The number of alkyl halides is 3. The maximum atomic E-state index is 14.1. The number of nitrogens with one attached hydrogen (secondary N) is 4. The standard InChI is InChI=1S/C34H40F4N6O7S2/c35-26-10-6-7-20-16-44(17-25(20)26)32(48)51-23-13-27(39-15-23)29(46)42-33(30(47)43-53(49,50)24-11-12-24)14-21(33)8-4-2-1-3-5-9-22(18-45)40-31-41-28(19-52-31)34(36,37)38/h4,6-8,10,18-19,21-24,27,39H,1-3,5,9,11-17H2,(H,40,41)(H,42,46)(H,43,47)/b8-4-/t21?,22?,23-,27?,33?/m1/s1. The molecule has 2 aromatic rings. The Morgan fingerprint density at radius 1 is 1.17 bits per heavy atom. The predicted molar refractivity (Wildman–Crippen MR) is 184 cm³/mol. The second-order valence-electron chi connectivity index (χ2n) is 13.9. The Bertz CT molecular complexity index is 1850. The van der Waals surface area contributed by atoms with E-state index in [0.29, 0.717) is 62.4 Å². The largest absolute Gasteiger partial charge is 0.445 e. The van der Waals surface area contributed by atoms with Gasteiger partial charge in [0.2, 0.25) is 15.9 Å². The molecule has 0 spiro atoms. The van der Waals surface area contributed by atoms with Crippen LogP contribution < -0.4 is 20.7 Å². The number of aldehydes is 1. The highest BCUT2D eigenvalue weighted by Gasteiger charge is 2.61. The maximum Gasteiger partial charge on any atom is 0.434 e. The third-order valence-corrected chi connectivity index (χ3v) is 12.4. The number of unbranched alkanes of at least 4 members (excludes halogenated alkanes) is 3. The van der Waals surface area contributed by atoms with E-state index in [4.69, 9.17) is 4.74 Å². The van der Waals surface area contributed by atoms with E-state index in [-0.39, 0.29) is 37.6 Å². The maximum absolute atomic E-state index is 14.1. The van der Waals surface area contributed by atoms with Gasteiger partial charge in [0.05, 0.1) is 23.9 Å². The highest BCUT2D eigenvalue weighted by atomic mass is 32.2. The van der Waals surface area contributed by atoms with E-state index in [9.17, 15) is 45.2 Å². The van der Waals surface area contributed by atoms with Gasteiger partial charge in [0.25, 0.3) is 5.91 Å². The molecule has 1 aromatic heterocycles. The van der Waals surface area contributed by atoms with Gasteiger partial charge < -0.3 is 25.5 Å². The van der Waals surface area contributed by atoms with Crippen LogP contribution in [0.1, 0.15) is 74.6 Å². The number of thiazole rings is 1. The number of hydrogen-bond donors (Lipinski definition) is 4. The molecule has 4 unspecified atom stereocenters. The minimum absolute atomic E-state index is 0.0151. The number of carbonyl (C=O) groups excluding carboxylic acids is 4. The van der Waals surface area contributed by atoms with Crippen molar-refractivity contribution in [2.45, 2.75) is 106 Å². The summed E-state index contributed by atoms with van der Waals surface area (Å²) in [5.74, 6) is -2.23. The van der Waals surface area contributed by atoms with Crippen molar-refractivity contribution >= 4 is 50.7 Å². The molecule has 6 rings (SSSR count). The van der Waals surface area contributed by atoms with E-state index in [0.717, 1.165) is 16.7 Å². The third kappa shape index (κ3) is 9.35. The molecule has 0 bridgehead atoms. The van der Waals surface area contributed by atoms with Crippen molar-refractivity contribution < 1.29 is 49.9 Å². The SMILES string of the molecule is O=CC(CCCCC/C=C\C1CC1(NC(=O)C1C[C@@H](OC(=O)N2Cc3cccc(F)c3C2)CN1)C(=O)NS(=O)(=O)C1CC1)Nc1nc(C(F)(F)F)cs1. The summed E-state index contributed by atoms with van der Waals surface area (Å²) in [5, 5.41) is 8.75. The number of aromatic nitrogens is 1. The van der Waals surface area contributed by atoms with Gasteiger partial charge in [-0.1, -0.05) is 37.1 Å². The molecule has 53 heavy (non-hydrogen) atoms. The average molecular weight is 785 g/mol. The quantitative estimate of drug-likeness (QED) is 0.0838. The van der Waals surface area contributed by atoms with Crippen LogP contribution in [0.3, 0.4) is 0 Å². The van der Waals surface area contributed by atoms with E-state index in [1.807, 2.05) is 6.08 Å². The van der Waals surface area contributed by atoms with Gasteiger partial charge in [-0.2, -0.15) is 13.2 Å². The molecule has 3 amide bonds. The zero-order valence-electron chi connectivity index (χ0n) is 28.5. The number of ether oxygens (including phenoxy) is 1. The minimum Gasteiger partial charge on any atom is -0.445 e. The number of halogens is 4. The van der Waals surface area contributed by atoms with Crippen molar-refractivity contribution in [3.8, 4) is 0 Å². The normalized spacial score (nSPS) is 24.5. The molecule has 2 aliphatic carbocycles. The summed E-state index contributed by atoms with van der Waals surface area (Å²) in [4.78, 5) is 56.0. The first kappa shape index (κ1) is 38.6. The first-order valence-corrected chi connectivity index (χ1v) is 19.9. The summed E-state index contributed by atoms with van der Waals surface area (Å²) < 4.78 is 85.6. The number of rotatable bonds is 16. The number of carbonyl (C=O) groups is 4. The summed E-state index contributed by atoms with van der Waals surface area (Å²) in [7, 11) is -3.89. The zero-order chi connectivity index (χ0) is 38.0. The fraction of sp³-hybridized carbons (Fsp3) is 0.559. The summed E-state index contributed by atoms with van der Waals surface area (Å²) in [5.41, 5.74) is -1.37. The Balaban J connectivity index is 0.969. The van der Waals surface area contributed by atoms with Gasteiger partial charge in [-0.3, -0.25) is 19.2 Å². The lowest BCUT2D eigenvalue weighted by Gasteiger charge is -2.21. The second kappa shape index (κ2) is 15.7. The van der Waals surface area contributed by atoms with Gasteiger partial charge in [-0.25, -0.2) is 22.6 Å². The molecule has 2 saturated carbocycles. The van der Waals surface area contributed by atoms with Crippen LogP contribution in [-0.2, 0) is 48.4 Å². The first-order valence-electron chi connectivity index (χ1n) is 17.4. The number of allylic oxidation sites excluding steroid dienone is 1. The number of anilines is 1. The van der Waals surface area contributed by atoms with Gasteiger partial charge >= 0.3 is 12.3 Å². The second-order valence-corrected chi connectivity index (χ2v) is 16.7. The third-order valence-electron chi connectivity index (χ3n) is 9.85. The van der Waals surface area contributed by atoms with Gasteiger partial charge in [-0.15, -0.1) is 11.3 Å². The van der Waals surface area contributed by atoms with Crippen molar-refractivity contribution in [1.82, 2.24) is 25.2 Å². The smallest absolute Gasteiger partial charge is 0.434 e. The van der Waals surface area contributed by atoms with Gasteiger partial charge in [-0.05, 0) is 50.2 Å². The van der Waals surface area contributed by atoms with Crippen LogP contribution >= 0.6 is 11.3 Å². The Morgan fingerprint density at radius 3 is 2.66 bits per heavy atom. The zero-order valence-corrected chi connectivity index (χ0v) is 30.1. The molecule has 3 heterocycles. The molecule has 1 saturated heterocycles. The molecule has 3 fully saturated rings. The van der Waals surface area contributed by atoms with E-state index in [1.165, 1.54) is 11.0 Å². The fourth-order valence-corrected chi connectivity index (χ4v) is 8.70. The Hall–Kier alpha value is -4.10. The number of sulfonamides is 1. The number of fused-ring (bicyclic) bond motifs is 1. The lowest BCUT2D eigenvalue weighted by molar-refractivity contribution is -0.140. The van der Waals surface area contributed by atoms with Crippen LogP contribution in [0, 0.1) is 11.7 Å². The van der Waals surface area contributed by atoms with Crippen LogP contribution in [0.2, 0.25) is 0 Å². The Kier molecular flexibility index (Phi) is 11.4. The summed E-state index contributed by atoms with van der Waals surface area (Å²) in [6.07, 6.45) is 2.58.